The van der Waals surface area contributed by atoms with E-state index in [1.54, 1.807) is 28.3 Å². The summed E-state index contributed by atoms with van der Waals surface area (Å²) in [4.78, 5) is 16.3. The van der Waals surface area contributed by atoms with Gasteiger partial charge in [0.1, 0.15) is 5.75 Å². The summed E-state index contributed by atoms with van der Waals surface area (Å²) < 4.78 is 90.5. The zero-order valence-electron chi connectivity index (χ0n) is 20.6. The molecule has 0 fully saturated rings. The van der Waals surface area contributed by atoms with Crippen LogP contribution in [0.2, 0.25) is 0 Å². The van der Waals surface area contributed by atoms with Crippen LogP contribution in [0.1, 0.15) is 27.0 Å². The molecule has 12 heteroatoms. The first-order chi connectivity index (χ1) is 18.3. The maximum absolute atomic E-state index is 13.7. The summed E-state index contributed by atoms with van der Waals surface area (Å²) in [6, 6.07) is 13.1. The van der Waals surface area contributed by atoms with E-state index in [1.165, 1.54) is 37.5 Å². The van der Waals surface area contributed by atoms with E-state index in [4.69, 9.17) is 4.74 Å². The number of hydrogen-bond donors (Lipinski definition) is 0. The predicted octanol–water partition coefficient (Wildman–Crippen LogP) is 6.61. The van der Waals surface area contributed by atoms with Crippen molar-refractivity contribution in [2.75, 3.05) is 7.11 Å². The third-order valence-corrected chi connectivity index (χ3v) is 5.85. The lowest BCUT2D eigenvalue weighted by atomic mass is 10.1. The quantitative estimate of drug-likeness (QED) is 0.201. The molecule has 1 heterocycles. The zero-order valence-corrected chi connectivity index (χ0v) is 20.6. The van der Waals surface area contributed by atoms with E-state index in [0.717, 1.165) is 24.3 Å². The Kier molecular flexibility index (Phi) is 7.31. The Morgan fingerprint density at radius 2 is 1.64 bits per heavy atom. The summed E-state index contributed by atoms with van der Waals surface area (Å²) >= 11 is 0. The van der Waals surface area contributed by atoms with E-state index in [0.29, 0.717) is 16.6 Å². The molecule has 0 bridgehead atoms. The van der Waals surface area contributed by atoms with Crippen LogP contribution in [0.4, 0.5) is 32.0 Å². The van der Waals surface area contributed by atoms with E-state index in [1.807, 2.05) is 0 Å². The van der Waals surface area contributed by atoms with Gasteiger partial charge in [-0.05, 0) is 54.1 Å². The van der Waals surface area contributed by atoms with Gasteiger partial charge in [-0.25, -0.2) is 9.79 Å². The van der Waals surface area contributed by atoms with Gasteiger partial charge in [0.2, 0.25) is 5.62 Å². The first kappa shape index (κ1) is 27.6. The van der Waals surface area contributed by atoms with E-state index in [9.17, 15) is 31.1 Å². The van der Waals surface area contributed by atoms with Gasteiger partial charge in [0.25, 0.3) is 0 Å². The molecular weight excluding hydrogens is 528 g/mol. The summed E-state index contributed by atoms with van der Waals surface area (Å²) in [5.74, 6) is -0.987. The number of ether oxygens (including phenoxy) is 2. The largest absolute Gasteiger partial charge is 0.573 e. The summed E-state index contributed by atoms with van der Waals surface area (Å²) in [6.45, 7) is 3.72. The molecule has 204 valence electrons. The fraction of sp³-hybridized carbons (Fsp3) is 0.185. The lowest BCUT2D eigenvalue weighted by molar-refractivity contribution is -0.274. The van der Waals surface area contributed by atoms with Gasteiger partial charge in [-0.3, -0.25) is 0 Å². The van der Waals surface area contributed by atoms with Crippen LogP contribution in [0.5, 0.6) is 5.75 Å². The van der Waals surface area contributed by atoms with Crippen LogP contribution >= 0.6 is 0 Å². The third-order valence-electron chi connectivity index (χ3n) is 5.85. The number of halogens is 6. The minimum Gasteiger partial charge on any atom is -0.465 e. The van der Waals surface area contributed by atoms with Gasteiger partial charge in [0.05, 0.1) is 41.5 Å². The molecule has 4 aromatic rings. The van der Waals surface area contributed by atoms with E-state index < -0.39 is 29.8 Å². The monoisotopic (exact) mass is 549 g/mol. The highest BCUT2D eigenvalue weighted by molar-refractivity contribution is 5.89. The van der Waals surface area contributed by atoms with Gasteiger partial charge in [0, 0.05) is 12.6 Å². The highest BCUT2D eigenvalue weighted by Crippen LogP contribution is 2.34. The number of carbonyl (C=O) groups excluding carboxylic acids is 1. The summed E-state index contributed by atoms with van der Waals surface area (Å²) in [5, 5.41) is 0. The Bertz CT molecular complexity index is 1600. The molecule has 39 heavy (non-hydrogen) atoms. The number of aromatic nitrogens is 2. The highest BCUT2D eigenvalue weighted by Gasteiger charge is 2.32. The number of aryl methyl sites for hydroxylation is 1. The number of alkyl halides is 6. The van der Waals surface area contributed by atoms with Crippen molar-refractivity contribution in [3.63, 3.8) is 0 Å². The molecule has 0 spiro atoms. The molecule has 0 N–H and O–H groups in total. The van der Waals surface area contributed by atoms with Gasteiger partial charge in [-0.1, -0.05) is 24.8 Å². The Morgan fingerprint density at radius 1 is 1.00 bits per heavy atom. The highest BCUT2D eigenvalue weighted by atomic mass is 19.4. The number of hydrogen-bond acceptors (Lipinski definition) is 4. The number of fused-ring (bicyclic) bond motifs is 1. The second kappa shape index (κ2) is 10.4. The standard InChI is InChI=1S/C27H21F6N3O3/c1-4-17-13-19(26(28,29)30)14-22-23(17)35(2)25(34-20-9-11-21(12-10-20)39-27(31,32)33)36(22)15-16-5-7-18(8-6-16)24(37)38-3/h4-14H,1,15H2,2-3H3. The van der Waals surface area contributed by atoms with Crippen molar-refractivity contribution in [2.45, 2.75) is 19.1 Å². The smallest absolute Gasteiger partial charge is 0.465 e. The van der Waals surface area contributed by atoms with Crippen LogP contribution in [0, 0.1) is 0 Å². The SMILES string of the molecule is C=Cc1cc(C(F)(F)F)cc2c1n(C)c(=Nc1ccc(OC(F)(F)F)cc1)n2Cc1ccc(C(=O)OC)cc1. The molecule has 0 aliphatic heterocycles. The number of rotatable bonds is 6. The molecule has 0 aliphatic carbocycles. The minimum atomic E-state index is -4.86. The molecule has 0 unspecified atom stereocenters. The summed E-state index contributed by atoms with van der Waals surface area (Å²) in [6.07, 6.45) is -8.19. The minimum absolute atomic E-state index is 0.0603. The fourth-order valence-electron chi connectivity index (χ4n) is 4.10. The Labute approximate surface area is 218 Å². The van der Waals surface area contributed by atoms with Crippen LogP contribution in [0.3, 0.4) is 0 Å². The molecular formula is C27H21F6N3O3. The molecule has 0 atom stereocenters. The topological polar surface area (TPSA) is 57.8 Å². The van der Waals surface area contributed by atoms with Crippen molar-refractivity contribution in [3.8, 4) is 5.75 Å². The maximum Gasteiger partial charge on any atom is 0.573 e. The van der Waals surface area contributed by atoms with Gasteiger partial charge in [0.15, 0.2) is 0 Å². The van der Waals surface area contributed by atoms with Crippen LogP contribution in [0.15, 0.2) is 72.2 Å². The van der Waals surface area contributed by atoms with Crippen LogP contribution in [-0.4, -0.2) is 28.6 Å². The van der Waals surface area contributed by atoms with Crippen molar-refractivity contribution >= 4 is 28.8 Å². The summed E-state index contributed by atoms with van der Waals surface area (Å²) in [7, 11) is 2.85. The van der Waals surface area contributed by atoms with Crippen molar-refractivity contribution in [1.82, 2.24) is 9.13 Å². The van der Waals surface area contributed by atoms with Crippen molar-refractivity contribution in [1.29, 1.82) is 0 Å². The van der Waals surface area contributed by atoms with Gasteiger partial charge < -0.3 is 18.6 Å². The average molecular weight is 549 g/mol. The van der Waals surface area contributed by atoms with Gasteiger partial charge in [-0.2, -0.15) is 13.2 Å². The summed E-state index contributed by atoms with van der Waals surface area (Å²) in [5.41, 5.74) is 1.34. The van der Waals surface area contributed by atoms with E-state index >= 15 is 0 Å². The predicted molar refractivity (Wildman–Crippen MR) is 131 cm³/mol. The molecule has 0 radical (unpaired) electrons. The second-order valence-electron chi connectivity index (χ2n) is 8.42. The first-order valence-electron chi connectivity index (χ1n) is 11.3. The second-order valence-corrected chi connectivity index (χ2v) is 8.42. The first-order valence-corrected chi connectivity index (χ1v) is 11.3. The number of nitrogens with zero attached hydrogens (tertiary/aromatic N) is 3. The van der Waals surface area contributed by atoms with E-state index in [2.05, 4.69) is 16.3 Å². The number of imidazole rings is 1. The van der Waals surface area contributed by atoms with Gasteiger partial charge >= 0.3 is 18.5 Å². The zero-order chi connectivity index (χ0) is 28.5. The molecule has 0 amide bonds. The lowest BCUT2D eigenvalue weighted by Crippen LogP contribution is -2.24. The number of benzene rings is 3. The molecule has 6 nitrogen and oxygen atoms in total. The molecule has 0 aliphatic rings. The van der Waals surface area contributed by atoms with Crippen LogP contribution in [0.25, 0.3) is 17.1 Å². The number of methoxy groups -OCH3 is 1. The van der Waals surface area contributed by atoms with Gasteiger partial charge in [-0.15, -0.1) is 13.2 Å². The normalized spacial score (nSPS) is 12.6. The van der Waals surface area contributed by atoms with Crippen molar-refractivity contribution < 1.29 is 40.6 Å². The van der Waals surface area contributed by atoms with Crippen molar-refractivity contribution in [3.05, 3.63) is 95.1 Å². The van der Waals surface area contributed by atoms with E-state index in [-0.39, 0.29) is 28.9 Å². The molecule has 0 saturated carbocycles. The fourth-order valence-corrected chi connectivity index (χ4v) is 4.10. The lowest BCUT2D eigenvalue weighted by Gasteiger charge is -2.11. The molecule has 0 saturated heterocycles. The van der Waals surface area contributed by atoms with Crippen molar-refractivity contribution in [2.24, 2.45) is 12.0 Å². The van der Waals surface area contributed by atoms with Crippen LogP contribution in [-0.2, 0) is 24.5 Å². The Balaban J connectivity index is 1.92. The Morgan fingerprint density at radius 3 is 2.18 bits per heavy atom. The molecule has 1 aromatic heterocycles. The molecule has 4 rings (SSSR count). The number of carbonyl (C=O) groups is 1. The average Bonchev–Trinajstić information content (AvgIpc) is 3.13. The number of esters is 1. The van der Waals surface area contributed by atoms with Crippen LogP contribution < -0.4 is 10.4 Å². The Hall–Kier alpha value is -4.48. The maximum atomic E-state index is 13.7. The third kappa shape index (κ3) is 6.00. The molecule has 3 aromatic carbocycles.